The van der Waals surface area contributed by atoms with Crippen LogP contribution in [0, 0.1) is 5.82 Å². The van der Waals surface area contributed by atoms with E-state index in [0.717, 1.165) is 17.6 Å². The van der Waals surface area contributed by atoms with Crippen molar-refractivity contribution in [1.29, 1.82) is 0 Å². The van der Waals surface area contributed by atoms with Gasteiger partial charge in [-0.3, -0.25) is 9.36 Å². The molecule has 0 aliphatic heterocycles. The first-order valence-electron chi connectivity index (χ1n) is 6.74. The molecule has 0 saturated carbocycles. The van der Waals surface area contributed by atoms with Crippen molar-refractivity contribution >= 4 is 32.8 Å². The van der Waals surface area contributed by atoms with E-state index in [1.807, 2.05) is 0 Å². The van der Waals surface area contributed by atoms with Gasteiger partial charge in [-0.25, -0.2) is 12.8 Å². The first-order chi connectivity index (χ1) is 11.3. The average Bonchev–Trinajstić information content (AvgIpc) is 2.91. The third-order valence-electron chi connectivity index (χ3n) is 3.43. The van der Waals surface area contributed by atoms with Crippen LogP contribution in [-0.4, -0.2) is 19.2 Å². The Labute approximate surface area is 146 Å². The van der Waals surface area contributed by atoms with Gasteiger partial charge in [0.25, 0.3) is 0 Å². The van der Waals surface area contributed by atoms with Crippen LogP contribution in [0.1, 0.15) is 0 Å². The van der Waals surface area contributed by atoms with E-state index in [9.17, 15) is 17.6 Å². The molecule has 0 bridgehead atoms. The van der Waals surface area contributed by atoms with E-state index in [1.165, 1.54) is 34.9 Å². The Kier molecular flexibility index (Phi) is 4.33. The highest BCUT2D eigenvalue weighted by atomic mass is 35.5. The highest BCUT2D eigenvalue weighted by Gasteiger charge is 2.14. The van der Waals surface area contributed by atoms with Gasteiger partial charge in [0.2, 0.25) is 0 Å². The van der Waals surface area contributed by atoms with Crippen molar-refractivity contribution in [3.63, 3.8) is 0 Å². The molecule has 0 saturated heterocycles. The molecule has 0 atom stereocenters. The number of sulfone groups is 1. The summed E-state index contributed by atoms with van der Waals surface area (Å²) in [5.41, 5.74) is 1.68. The van der Waals surface area contributed by atoms with Crippen LogP contribution in [0.5, 0.6) is 0 Å². The number of rotatable bonds is 3. The quantitative estimate of drug-likeness (QED) is 0.692. The molecule has 2 aromatic carbocycles. The number of benzene rings is 2. The van der Waals surface area contributed by atoms with Crippen LogP contribution in [0.4, 0.5) is 4.39 Å². The normalized spacial score (nSPS) is 11.6. The molecule has 0 aliphatic carbocycles. The Morgan fingerprint density at radius 2 is 1.79 bits per heavy atom. The summed E-state index contributed by atoms with van der Waals surface area (Å²) in [6.07, 6.45) is 1.13. The highest BCUT2D eigenvalue weighted by molar-refractivity contribution is 7.90. The molecule has 4 nitrogen and oxygen atoms in total. The van der Waals surface area contributed by atoms with Gasteiger partial charge >= 0.3 is 4.87 Å². The molecule has 124 valence electrons. The smallest absolute Gasteiger partial charge is 0.267 e. The van der Waals surface area contributed by atoms with Crippen LogP contribution in [-0.2, 0) is 9.84 Å². The molecular formula is C16H11ClFNO3S2. The molecule has 0 aliphatic rings. The van der Waals surface area contributed by atoms with Crippen molar-refractivity contribution in [1.82, 2.24) is 4.57 Å². The van der Waals surface area contributed by atoms with Crippen LogP contribution < -0.4 is 4.87 Å². The standard InChI is InChI=1S/C16H11ClFNO3S2/c1-24(21,22)12-5-2-10(3-6-12)15-9-23-16(20)19(15)11-4-7-14(18)13(17)8-11/h2-9H,1H3. The summed E-state index contributed by atoms with van der Waals surface area (Å²) in [5.74, 6) is -0.567. The molecule has 3 rings (SSSR count). The van der Waals surface area contributed by atoms with Gasteiger partial charge in [0.05, 0.1) is 21.3 Å². The van der Waals surface area contributed by atoms with E-state index < -0.39 is 15.7 Å². The number of halogens is 2. The molecule has 0 radical (unpaired) electrons. The van der Waals surface area contributed by atoms with Gasteiger partial charge in [0, 0.05) is 11.6 Å². The summed E-state index contributed by atoms with van der Waals surface area (Å²) in [6, 6.07) is 10.2. The lowest BCUT2D eigenvalue weighted by Crippen LogP contribution is -2.12. The maximum atomic E-state index is 13.3. The van der Waals surface area contributed by atoms with Crippen molar-refractivity contribution < 1.29 is 12.8 Å². The molecule has 0 unspecified atom stereocenters. The third-order valence-corrected chi connectivity index (χ3v) is 5.58. The van der Waals surface area contributed by atoms with Gasteiger partial charge in [-0.15, -0.1) is 0 Å². The number of nitrogens with zero attached hydrogens (tertiary/aromatic N) is 1. The van der Waals surface area contributed by atoms with Crippen molar-refractivity contribution in [2.75, 3.05) is 6.26 Å². The third kappa shape index (κ3) is 3.15. The maximum absolute atomic E-state index is 13.3. The Hall–Kier alpha value is -1.96. The van der Waals surface area contributed by atoms with Crippen molar-refractivity contribution in [2.45, 2.75) is 4.90 Å². The second kappa shape index (κ2) is 6.16. The molecule has 0 fully saturated rings. The van der Waals surface area contributed by atoms with Crippen molar-refractivity contribution in [3.05, 3.63) is 68.4 Å². The first-order valence-corrected chi connectivity index (χ1v) is 9.89. The van der Waals surface area contributed by atoms with E-state index in [2.05, 4.69) is 0 Å². The number of hydrogen-bond donors (Lipinski definition) is 0. The molecule has 3 aromatic rings. The molecular weight excluding hydrogens is 373 g/mol. The largest absolute Gasteiger partial charge is 0.312 e. The first kappa shape index (κ1) is 16.9. The van der Waals surface area contributed by atoms with Gasteiger partial charge < -0.3 is 0 Å². The van der Waals surface area contributed by atoms with E-state index in [4.69, 9.17) is 11.6 Å². The Bertz CT molecular complexity index is 1070. The van der Waals surface area contributed by atoms with Gasteiger partial charge in [-0.05, 0) is 35.9 Å². The molecule has 1 heterocycles. The van der Waals surface area contributed by atoms with Gasteiger partial charge in [-0.1, -0.05) is 35.1 Å². The van der Waals surface area contributed by atoms with E-state index >= 15 is 0 Å². The van der Waals surface area contributed by atoms with E-state index in [0.29, 0.717) is 16.9 Å². The number of hydrogen-bond acceptors (Lipinski definition) is 4. The molecule has 0 amide bonds. The summed E-state index contributed by atoms with van der Waals surface area (Å²) in [6.45, 7) is 0. The zero-order valence-corrected chi connectivity index (χ0v) is 14.8. The summed E-state index contributed by atoms with van der Waals surface area (Å²) < 4.78 is 37.8. The summed E-state index contributed by atoms with van der Waals surface area (Å²) in [7, 11) is -3.29. The van der Waals surface area contributed by atoms with E-state index in [-0.39, 0.29) is 14.8 Å². The number of thiazole rings is 1. The van der Waals surface area contributed by atoms with Crippen molar-refractivity contribution in [2.24, 2.45) is 0 Å². The molecule has 0 spiro atoms. The van der Waals surface area contributed by atoms with Crippen LogP contribution in [0.2, 0.25) is 5.02 Å². The zero-order chi connectivity index (χ0) is 17.5. The fourth-order valence-corrected chi connectivity index (χ4v) is 3.82. The predicted octanol–water partition coefficient (Wildman–Crippen LogP) is 3.76. The number of aromatic nitrogens is 1. The predicted molar refractivity (Wildman–Crippen MR) is 93.4 cm³/mol. The Balaban J connectivity index is 2.14. The van der Waals surface area contributed by atoms with Gasteiger partial charge in [-0.2, -0.15) is 0 Å². The van der Waals surface area contributed by atoms with Crippen LogP contribution in [0.3, 0.4) is 0 Å². The SMILES string of the molecule is CS(=O)(=O)c1ccc(-c2csc(=O)n2-c2ccc(F)c(Cl)c2)cc1. The fraction of sp³-hybridized carbons (Fsp3) is 0.0625. The van der Waals surface area contributed by atoms with Gasteiger partial charge in [0.1, 0.15) is 5.82 Å². The maximum Gasteiger partial charge on any atom is 0.312 e. The van der Waals surface area contributed by atoms with Gasteiger partial charge in [0.15, 0.2) is 9.84 Å². The summed E-state index contributed by atoms with van der Waals surface area (Å²) >= 11 is 6.79. The van der Waals surface area contributed by atoms with Crippen LogP contribution in [0.15, 0.2) is 57.5 Å². The monoisotopic (exact) mass is 383 g/mol. The fourth-order valence-electron chi connectivity index (χ4n) is 2.25. The molecule has 0 N–H and O–H groups in total. The molecule has 1 aromatic heterocycles. The highest BCUT2D eigenvalue weighted by Crippen LogP contribution is 2.26. The second-order valence-electron chi connectivity index (χ2n) is 5.12. The average molecular weight is 384 g/mol. The zero-order valence-electron chi connectivity index (χ0n) is 12.4. The lowest BCUT2D eigenvalue weighted by atomic mass is 10.1. The summed E-state index contributed by atoms with van der Waals surface area (Å²) in [5, 5.41) is 1.58. The Morgan fingerprint density at radius 1 is 1.12 bits per heavy atom. The van der Waals surface area contributed by atoms with E-state index in [1.54, 1.807) is 17.5 Å². The van der Waals surface area contributed by atoms with Crippen molar-refractivity contribution in [3.8, 4) is 16.9 Å². The minimum atomic E-state index is -3.29. The van der Waals surface area contributed by atoms with Crippen LogP contribution in [0.25, 0.3) is 16.9 Å². The minimum absolute atomic E-state index is 0.0797. The lowest BCUT2D eigenvalue weighted by molar-refractivity contribution is 0.602. The topological polar surface area (TPSA) is 56.1 Å². The second-order valence-corrected chi connectivity index (χ2v) is 8.36. The Morgan fingerprint density at radius 3 is 2.38 bits per heavy atom. The van der Waals surface area contributed by atoms with Crippen LogP contribution >= 0.6 is 22.9 Å². The minimum Gasteiger partial charge on any atom is -0.267 e. The molecule has 8 heteroatoms. The summed E-state index contributed by atoms with van der Waals surface area (Å²) in [4.78, 5) is 12.1. The lowest BCUT2D eigenvalue weighted by Gasteiger charge is -2.09. The molecule has 24 heavy (non-hydrogen) atoms.